The number of nitrogens with one attached hydrogen (secondary N) is 1. The van der Waals surface area contributed by atoms with E-state index in [1.165, 1.54) is 12.8 Å². The van der Waals surface area contributed by atoms with Crippen LogP contribution in [0, 0.1) is 11.6 Å². The Bertz CT molecular complexity index is 383. The first kappa shape index (κ1) is 13.2. The number of aromatic hydroxyl groups is 1. The van der Waals surface area contributed by atoms with Crippen LogP contribution in [-0.4, -0.2) is 36.2 Å². The van der Waals surface area contributed by atoms with Gasteiger partial charge in [-0.25, -0.2) is 8.78 Å². The monoisotopic (exact) mass is 256 g/mol. The zero-order valence-electron chi connectivity index (χ0n) is 10.3. The summed E-state index contributed by atoms with van der Waals surface area (Å²) in [6.45, 7) is 4.45. The predicted molar refractivity (Wildman–Crippen MR) is 65.4 cm³/mol. The zero-order valence-corrected chi connectivity index (χ0v) is 10.3. The number of benzene rings is 1. The third kappa shape index (κ3) is 3.40. The van der Waals surface area contributed by atoms with Crippen molar-refractivity contribution in [3.63, 3.8) is 0 Å². The first-order chi connectivity index (χ1) is 8.66. The second kappa shape index (κ2) is 6.11. The van der Waals surface area contributed by atoms with Crippen LogP contribution in [0.4, 0.5) is 8.78 Å². The van der Waals surface area contributed by atoms with Crippen molar-refractivity contribution in [3.05, 3.63) is 29.3 Å². The Morgan fingerprint density at radius 3 is 2.39 bits per heavy atom. The minimum atomic E-state index is -0.911. The number of hydrogen-bond acceptors (Lipinski definition) is 3. The van der Waals surface area contributed by atoms with Gasteiger partial charge in [-0.3, -0.25) is 0 Å². The maximum Gasteiger partial charge on any atom is 0.187 e. The van der Waals surface area contributed by atoms with E-state index in [0.717, 1.165) is 38.3 Å². The number of hydrogen-bond donors (Lipinski definition) is 2. The second-order valence-electron chi connectivity index (χ2n) is 4.63. The SMILES string of the molecule is Oc1c(F)cc(CNCCN2CCCC2)cc1F. The molecule has 3 nitrogen and oxygen atoms in total. The topological polar surface area (TPSA) is 35.5 Å². The van der Waals surface area contributed by atoms with Crippen LogP contribution in [0.25, 0.3) is 0 Å². The summed E-state index contributed by atoms with van der Waals surface area (Å²) >= 11 is 0. The smallest absolute Gasteiger partial charge is 0.187 e. The van der Waals surface area contributed by atoms with Crippen molar-refractivity contribution < 1.29 is 13.9 Å². The molecule has 0 bridgehead atoms. The van der Waals surface area contributed by atoms with Crippen LogP contribution in [-0.2, 0) is 6.54 Å². The van der Waals surface area contributed by atoms with Crippen LogP contribution in [0.3, 0.4) is 0 Å². The highest BCUT2D eigenvalue weighted by Gasteiger charge is 2.11. The largest absolute Gasteiger partial charge is 0.503 e. The van der Waals surface area contributed by atoms with E-state index < -0.39 is 17.4 Å². The molecule has 2 rings (SSSR count). The molecule has 5 heteroatoms. The molecule has 1 fully saturated rings. The number of phenols is 1. The quantitative estimate of drug-likeness (QED) is 0.789. The molecule has 1 aliphatic rings. The molecule has 0 atom stereocenters. The molecule has 0 saturated carbocycles. The Morgan fingerprint density at radius 2 is 1.78 bits per heavy atom. The van der Waals surface area contributed by atoms with Crippen LogP contribution < -0.4 is 5.32 Å². The van der Waals surface area contributed by atoms with Gasteiger partial charge < -0.3 is 15.3 Å². The fraction of sp³-hybridized carbons (Fsp3) is 0.538. The van der Waals surface area contributed by atoms with Crippen LogP contribution in [0.1, 0.15) is 18.4 Å². The average molecular weight is 256 g/mol. The Morgan fingerprint density at radius 1 is 1.17 bits per heavy atom. The lowest BCUT2D eigenvalue weighted by Crippen LogP contribution is -2.29. The molecule has 1 aliphatic heterocycles. The standard InChI is InChI=1S/C13H18F2N2O/c14-11-7-10(8-12(15)13(11)18)9-16-3-6-17-4-1-2-5-17/h7-8,16,18H,1-6,9H2. The van der Waals surface area contributed by atoms with E-state index >= 15 is 0 Å². The predicted octanol–water partition coefficient (Wildman–Crippen LogP) is 1.86. The fourth-order valence-electron chi connectivity index (χ4n) is 2.20. The average Bonchev–Trinajstić information content (AvgIpc) is 2.84. The summed E-state index contributed by atoms with van der Waals surface area (Å²) in [6.07, 6.45) is 2.52. The molecular weight excluding hydrogens is 238 g/mol. The molecule has 0 spiro atoms. The van der Waals surface area contributed by atoms with Crippen LogP contribution in [0.2, 0.25) is 0 Å². The van der Waals surface area contributed by atoms with E-state index in [4.69, 9.17) is 5.11 Å². The van der Waals surface area contributed by atoms with Gasteiger partial charge in [-0.15, -0.1) is 0 Å². The molecule has 1 saturated heterocycles. The summed E-state index contributed by atoms with van der Waals surface area (Å²) in [5.74, 6) is -2.73. The zero-order chi connectivity index (χ0) is 13.0. The number of halogens is 2. The summed E-state index contributed by atoms with van der Waals surface area (Å²) in [5, 5.41) is 12.1. The highest BCUT2D eigenvalue weighted by Crippen LogP contribution is 2.21. The van der Waals surface area contributed by atoms with Gasteiger partial charge >= 0.3 is 0 Å². The van der Waals surface area contributed by atoms with Gasteiger partial charge in [0.05, 0.1) is 0 Å². The lowest BCUT2D eigenvalue weighted by Gasteiger charge is -2.14. The second-order valence-corrected chi connectivity index (χ2v) is 4.63. The lowest BCUT2D eigenvalue weighted by molar-refractivity contribution is 0.335. The third-order valence-electron chi connectivity index (χ3n) is 3.21. The van der Waals surface area contributed by atoms with Crippen LogP contribution in [0.5, 0.6) is 5.75 Å². The molecule has 1 aromatic carbocycles. The van der Waals surface area contributed by atoms with E-state index in [9.17, 15) is 8.78 Å². The Hall–Kier alpha value is -1.20. The molecule has 18 heavy (non-hydrogen) atoms. The Labute approximate surface area is 105 Å². The van der Waals surface area contributed by atoms with Gasteiger partial charge in [-0.1, -0.05) is 0 Å². The minimum Gasteiger partial charge on any atom is -0.503 e. The normalized spacial score (nSPS) is 16.3. The molecular formula is C13H18F2N2O. The van der Waals surface area contributed by atoms with Crippen molar-refractivity contribution in [1.82, 2.24) is 10.2 Å². The molecule has 100 valence electrons. The van der Waals surface area contributed by atoms with Crippen LogP contribution >= 0.6 is 0 Å². The summed E-state index contributed by atoms with van der Waals surface area (Å²) in [4.78, 5) is 2.37. The summed E-state index contributed by atoms with van der Waals surface area (Å²) in [6, 6.07) is 2.31. The van der Waals surface area contributed by atoms with Crippen molar-refractivity contribution in [3.8, 4) is 5.75 Å². The molecule has 1 aromatic rings. The van der Waals surface area contributed by atoms with Gasteiger partial charge in [-0.05, 0) is 43.6 Å². The van der Waals surface area contributed by atoms with Gasteiger partial charge in [0.15, 0.2) is 17.4 Å². The molecule has 0 radical (unpaired) electrons. The van der Waals surface area contributed by atoms with E-state index in [1.54, 1.807) is 0 Å². The van der Waals surface area contributed by atoms with Gasteiger partial charge in [0.1, 0.15) is 0 Å². The Balaban J connectivity index is 1.76. The van der Waals surface area contributed by atoms with Gasteiger partial charge in [0.25, 0.3) is 0 Å². The van der Waals surface area contributed by atoms with E-state index in [2.05, 4.69) is 10.2 Å². The molecule has 1 heterocycles. The highest BCUT2D eigenvalue weighted by atomic mass is 19.1. The van der Waals surface area contributed by atoms with Gasteiger partial charge in [0, 0.05) is 19.6 Å². The fourth-order valence-corrected chi connectivity index (χ4v) is 2.20. The lowest BCUT2D eigenvalue weighted by atomic mass is 10.2. The van der Waals surface area contributed by atoms with Crippen molar-refractivity contribution in [1.29, 1.82) is 0 Å². The van der Waals surface area contributed by atoms with Gasteiger partial charge in [-0.2, -0.15) is 0 Å². The van der Waals surface area contributed by atoms with Crippen molar-refractivity contribution in [2.45, 2.75) is 19.4 Å². The summed E-state index contributed by atoms with van der Waals surface area (Å²) < 4.78 is 26.1. The van der Waals surface area contributed by atoms with Crippen molar-refractivity contribution >= 4 is 0 Å². The molecule has 0 unspecified atom stereocenters. The van der Waals surface area contributed by atoms with Crippen molar-refractivity contribution in [2.75, 3.05) is 26.2 Å². The number of likely N-dealkylation sites (tertiary alicyclic amines) is 1. The maximum absolute atomic E-state index is 13.1. The number of phenolic OH excluding ortho intramolecular Hbond substituents is 1. The molecule has 2 N–H and O–H groups in total. The first-order valence-corrected chi connectivity index (χ1v) is 6.27. The molecule has 0 aliphatic carbocycles. The van der Waals surface area contributed by atoms with E-state index in [-0.39, 0.29) is 0 Å². The van der Waals surface area contributed by atoms with E-state index in [1.807, 2.05) is 0 Å². The maximum atomic E-state index is 13.1. The molecule has 0 amide bonds. The first-order valence-electron chi connectivity index (χ1n) is 6.27. The Kier molecular flexibility index (Phi) is 4.49. The van der Waals surface area contributed by atoms with Crippen molar-refractivity contribution in [2.24, 2.45) is 0 Å². The summed E-state index contributed by atoms with van der Waals surface area (Å²) in [7, 11) is 0. The molecule has 0 aromatic heterocycles. The van der Waals surface area contributed by atoms with Crippen LogP contribution in [0.15, 0.2) is 12.1 Å². The minimum absolute atomic E-state index is 0.405. The highest BCUT2D eigenvalue weighted by molar-refractivity contribution is 5.29. The van der Waals surface area contributed by atoms with Gasteiger partial charge in [0.2, 0.25) is 0 Å². The number of nitrogens with zero attached hydrogens (tertiary/aromatic N) is 1. The third-order valence-corrected chi connectivity index (χ3v) is 3.21. The number of rotatable bonds is 5. The van der Waals surface area contributed by atoms with E-state index in [0.29, 0.717) is 12.1 Å². The summed E-state index contributed by atoms with van der Waals surface area (Å²) in [5.41, 5.74) is 0.504.